The molecule has 22 heavy (non-hydrogen) atoms. The molecular weight excluding hydrogens is 274 g/mol. The van der Waals surface area contributed by atoms with E-state index in [4.69, 9.17) is 10.5 Å². The molecule has 3 aromatic carbocycles. The first-order valence-corrected chi connectivity index (χ1v) is 7.24. The van der Waals surface area contributed by atoms with Crippen LogP contribution in [0, 0.1) is 0 Å². The van der Waals surface area contributed by atoms with Gasteiger partial charge in [0.2, 0.25) is 0 Å². The molecule has 0 saturated heterocycles. The summed E-state index contributed by atoms with van der Waals surface area (Å²) < 4.78 is 5.40. The highest BCUT2D eigenvalue weighted by Crippen LogP contribution is 2.21. The molecule has 0 aliphatic rings. The van der Waals surface area contributed by atoms with Crippen molar-refractivity contribution >= 4 is 22.4 Å². The second-order valence-electron chi connectivity index (χ2n) is 5.22. The molecule has 2 N–H and O–H groups in total. The molecule has 0 aliphatic heterocycles. The molecule has 0 aliphatic carbocycles. The van der Waals surface area contributed by atoms with Gasteiger partial charge in [-0.25, -0.2) is 0 Å². The third kappa shape index (κ3) is 3.44. The van der Waals surface area contributed by atoms with Gasteiger partial charge in [-0.1, -0.05) is 42.5 Å². The van der Waals surface area contributed by atoms with Crippen molar-refractivity contribution in [2.75, 3.05) is 5.73 Å². The van der Waals surface area contributed by atoms with E-state index in [0.717, 1.165) is 22.0 Å². The smallest absolute Gasteiger partial charge is 0.311 e. The van der Waals surface area contributed by atoms with Gasteiger partial charge in [0.15, 0.2) is 0 Å². The lowest BCUT2D eigenvalue weighted by molar-refractivity contribution is -0.134. The Balaban J connectivity index is 1.61. The zero-order chi connectivity index (χ0) is 15.4. The second kappa shape index (κ2) is 6.31. The number of benzene rings is 3. The number of hydrogen-bond donors (Lipinski definition) is 1. The van der Waals surface area contributed by atoms with Crippen molar-refractivity contribution in [3.8, 4) is 5.75 Å². The SMILES string of the molecule is Nc1ccc(CCC(=O)Oc2ccc3ccccc3c2)cc1. The minimum Gasteiger partial charge on any atom is -0.426 e. The molecule has 110 valence electrons. The average molecular weight is 291 g/mol. The van der Waals surface area contributed by atoms with E-state index in [1.54, 1.807) is 0 Å². The molecule has 0 fully saturated rings. The summed E-state index contributed by atoms with van der Waals surface area (Å²) in [5.74, 6) is 0.355. The number of hydrogen-bond acceptors (Lipinski definition) is 3. The number of fused-ring (bicyclic) bond motifs is 1. The Hall–Kier alpha value is -2.81. The first-order chi connectivity index (χ1) is 10.7. The molecule has 3 aromatic rings. The predicted octanol–water partition coefficient (Wildman–Crippen LogP) is 3.96. The summed E-state index contributed by atoms with van der Waals surface area (Å²) in [6.07, 6.45) is 0.990. The largest absolute Gasteiger partial charge is 0.426 e. The Kier molecular flexibility index (Phi) is 4.05. The molecule has 0 atom stereocenters. The molecule has 3 rings (SSSR count). The Bertz CT molecular complexity index is 794. The lowest BCUT2D eigenvalue weighted by Gasteiger charge is -2.06. The summed E-state index contributed by atoms with van der Waals surface area (Å²) in [6, 6.07) is 21.2. The maximum absolute atomic E-state index is 11.9. The third-order valence-corrected chi connectivity index (χ3v) is 3.55. The Labute approximate surface area is 129 Å². The van der Waals surface area contributed by atoms with Crippen LogP contribution in [0.25, 0.3) is 10.8 Å². The number of anilines is 1. The molecule has 0 amide bonds. The second-order valence-corrected chi connectivity index (χ2v) is 5.22. The number of esters is 1. The molecule has 0 aromatic heterocycles. The summed E-state index contributed by atoms with van der Waals surface area (Å²) in [5, 5.41) is 2.19. The van der Waals surface area contributed by atoms with Crippen LogP contribution in [0.2, 0.25) is 0 Å². The monoisotopic (exact) mass is 291 g/mol. The zero-order valence-electron chi connectivity index (χ0n) is 12.2. The van der Waals surface area contributed by atoms with E-state index in [1.165, 1.54) is 0 Å². The quantitative estimate of drug-likeness (QED) is 0.449. The number of nitrogens with two attached hydrogens (primary N) is 1. The minimum atomic E-state index is -0.230. The van der Waals surface area contributed by atoms with Crippen LogP contribution in [-0.4, -0.2) is 5.97 Å². The van der Waals surface area contributed by atoms with Gasteiger partial charge >= 0.3 is 5.97 Å². The van der Waals surface area contributed by atoms with Crippen molar-refractivity contribution in [3.05, 3.63) is 72.3 Å². The fourth-order valence-corrected chi connectivity index (χ4v) is 2.34. The average Bonchev–Trinajstić information content (AvgIpc) is 2.54. The van der Waals surface area contributed by atoms with Crippen LogP contribution >= 0.6 is 0 Å². The minimum absolute atomic E-state index is 0.230. The van der Waals surface area contributed by atoms with Crippen LogP contribution in [0.1, 0.15) is 12.0 Å². The summed E-state index contributed by atoms with van der Waals surface area (Å²) in [6.45, 7) is 0. The molecule has 3 heteroatoms. The van der Waals surface area contributed by atoms with Gasteiger partial charge in [-0.15, -0.1) is 0 Å². The number of ether oxygens (including phenoxy) is 1. The highest BCUT2D eigenvalue weighted by atomic mass is 16.5. The van der Waals surface area contributed by atoms with E-state index in [9.17, 15) is 4.79 Å². The van der Waals surface area contributed by atoms with Gasteiger partial charge in [0.25, 0.3) is 0 Å². The number of nitrogen functional groups attached to an aromatic ring is 1. The van der Waals surface area contributed by atoms with Gasteiger partial charge in [-0.2, -0.15) is 0 Å². The number of carbonyl (C=O) groups excluding carboxylic acids is 1. The highest BCUT2D eigenvalue weighted by Gasteiger charge is 2.06. The summed E-state index contributed by atoms with van der Waals surface area (Å²) in [4.78, 5) is 11.9. The van der Waals surface area contributed by atoms with Gasteiger partial charge in [0.05, 0.1) is 0 Å². The maximum atomic E-state index is 11.9. The van der Waals surface area contributed by atoms with Crippen molar-refractivity contribution in [3.63, 3.8) is 0 Å². The van der Waals surface area contributed by atoms with Gasteiger partial charge in [-0.3, -0.25) is 4.79 Å². The van der Waals surface area contributed by atoms with Crippen LogP contribution in [-0.2, 0) is 11.2 Å². The number of carbonyl (C=O) groups is 1. The van der Waals surface area contributed by atoms with Crippen molar-refractivity contribution in [2.24, 2.45) is 0 Å². The molecule has 0 spiro atoms. The van der Waals surface area contributed by atoms with Gasteiger partial charge in [0, 0.05) is 12.1 Å². The standard InChI is InChI=1S/C19H17NO2/c20-17-9-5-14(6-10-17)7-12-19(21)22-18-11-8-15-3-1-2-4-16(15)13-18/h1-6,8-11,13H,7,12,20H2. The van der Waals surface area contributed by atoms with Crippen LogP contribution in [0.3, 0.4) is 0 Å². The molecule has 0 saturated carbocycles. The lowest BCUT2D eigenvalue weighted by Crippen LogP contribution is -2.09. The maximum Gasteiger partial charge on any atom is 0.311 e. The van der Waals surface area contributed by atoms with E-state index in [0.29, 0.717) is 18.6 Å². The number of rotatable bonds is 4. The van der Waals surface area contributed by atoms with Crippen molar-refractivity contribution in [1.29, 1.82) is 0 Å². The van der Waals surface area contributed by atoms with Crippen molar-refractivity contribution in [1.82, 2.24) is 0 Å². The fraction of sp³-hybridized carbons (Fsp3) is 0.105. The molecule has 0 unspecified atom stereocenters. The first kappa shape index (κ1) is 14.1. The van der Waals surface area contributed by atoms with Gasteiger partial charge < -0.3 is 10.5 Å². The van der Waals surface area contributed by atoms with Crippen LogP contribution in [0.4, 0.5) is 5.69 Å². The topological polar surface area (TPSA) is 52.3 Å². The van der Waals surface area contributed by atoms with E-state index in [1.807, 2.05) is 66.7 Å². The molecule has 0 bridgehead atoms. The summed E-state index contributed by atoms with van der Waals surface area (Å²) >= 11 is 0. The van der Waals surface area contributed by atoms with Crippen LogP contribution < -0.4 is 10.5 Å². The summed E-state index contributed by atoms with van der Waals surface area (Å²) in [7, 11) is 0. The van der Waals surface area contributed by atoms with E-state index in [2.05, 4.69) is 0 Å². The highest BCUT2D eigenvalue weighted by molar-refractivity contribution is 5.84. The molecule has 0 radical (unpaired) electrons. The lowest BCUT2D eigenvalue weighted by atomic mass is 10.1. The van der Waals surface area contributed by atoms with E-state index < -0.39 is 0 Å². The third-order valence-electron chi connectivity index (χ3n) is 3.55. The molecule has 3 nitrogen and oxygen atoms in total. The first-order valence-electron chi connectivity index (χ1n) is 7.24. The normalized spacial score (nSPS) is 10.5. The van der Waals surface area contributed by atoms with E-state index in [-0.39, 0.29) is 5.97 Å². The van der Waals surface area contributed by atoms with Crippen LogP contribution in [0.15, 0.2) is 66.7 Å². The number of aryl methyl sites for hydroxylation is 1. The van der Waals surface area contributed by atoms with Crippen LogP contribution in [0.5, 0.6) is 5.75 Å². The summed E-state index contributed by atoms with van der Waals surface area (Å²) in [5.41, 5.74) is 7.44. The fourth-order valence-electron chi connectivity index (χ4n) is 2.34. The molecular formula is C19H17NO2. The van der Waals surface area contributed by atoms with E-state index >= 15 is 0 Å². The Morgan fingerprint density at radius 1 is 0.909 bits per heavy atom. The van der Waals surface area contributed by atoms with Gasteiger partial charge in [0.1, 0.15) is 5.75 Å². The predicted molar refractivity (Wildman–Crippen MR) is 88.8 cm³/mol. The zero-order valence-corrected chi connectivity index (χ0v) is 12.2. The Morgan fingerprint density at radius 2 is 1.64 bits per heavy atom. The van der Waals surface area contributed by atoms with Crippen molar-refractivity contribution in [2.45, 2.75) is 12.8 Å². The van der Waals surface area contributed by atoms with Gasteiger partial charge in [-0.05, 0) is 47.0 Å². The van der Waals surface area contributed by atoms with Crippen molar-refractivity contribution < 1.29 is 9.53 Å². The Morgan fingerprint density at radius 3 is 2.41 bits per heavy atom. The molecule has 0 heterocycles.